The van der Waals surface area contributed by atoms with E-state index in [0.717, 1.165) is 61.8 Å². The van der Waals surface area contributed by atoms with Gasteiger partial charge in [0.2, 0.25) is 5.95 Å². The number of carbonyl (C=O) groups excluding carboxylic acids is 1. The molecule has 1 amide bonds. The highest BCUT2D eigenvalue weighted by molar-refractivity contribution is 5.97. The van der Waals surface area contributed by atoms with E-state index in [1.54, 1.807) is 6.07 Å². The summed E-state index contributed by atoms with van der Waals surface area (Å²) in [6.45, 7) is 0. The fraction of sp³-hybridized carbons (Fsp3) is 0.480. The molecule has 2 aromatic rings. The van der Waals surface area contributed by atoms with Crippen molar-refractivity contribution in [1.82, 2.24) is 15.3 Å². The van der Waals surface area contributed by atoms with Crippen molar-refractivity contribution in [3.63, 3.8) is 0 Å². The van der Waals surface area contributed by atoms with Gasteiger partial charge in [0.1, 0.15) is 6.04 Å². The van der Waals surface area contributed by atoms with E-state index in [1.165, 1.54) is 5.56 Å². The Labute approximate surface area is 202 Å². The first-order valence-electron chi connectivity index (χ1n) is 12.0. The van der Waals surface area contributed by atoms with E-state index < -0.39 is 23.9 Å². The van der Waals surface area contributed by atoms with Gasteiger partial charge in [-0.2, -0.15) is 0 Å². The minimum absolute atomic E-state index is 0.125. The summed E-state index contributed by atoms with van der Waals surface area (Å²) in [7, 11) is 0. The minimum Gasteiger partial charge on any atom is -0.481 e. The average molecular weight is 483 g/mol. The first kappa shape index (κ1) is 24.4. The fourth-order valence-corrected chi connectivity index (χ4v) is 5.43. The number of carboxylic acid groups (broad SMARTS) is 2. The van der Waals surface area contributed by atoms with Crippen LogP contribution in [0.1, 0.15) is 89.5 Å². The lowest BCUT2D eigenvalue weighted by molar-refractivity contribution is -0.140. The van der Waals surface area contributed by atoms with Crippen LogP contribution in [-0.4, -0.2) is 44.1 Å². The number of carbonyl (C=O) groups is 3. The fourth-order valence-electron chi connectivity index (χ4n) is 5.43. The molecule has 0 aliphatic heterocycles. The van der Waals surface area contributed by atoms with E-state index in [4.69, 9.17) is 10.8 Å². The van der Waals surface area contributed by atoms with Gasteiger partial charge in [-0.1, -0.05) is 12.5 Å². The van der Waals surface area contributed by atoms with Gasteiger partial charge < -0.3 is 21.3 Å². The van der Waals surface area contributed by atoms with Crippen LogP contribution in [0.2, 0.25) is 0 Å². The van der Waals surface area contributed by atoms with Gasteiger partial charge in [0, 0.05) is 17.5 Å². The third kappa shape index (κ3) is 5.52. The second-order valence-electron chi connectivity index (χ2n) is 9.42. The third-order valence-electron chi connectivity index (χ3n) is 7.15. The summed E-state index contributed by atoms with van der Waals surface area (Å²) in [6, 6.07) is 4.20. The second-order valence-corrected chi connectivity index (χ2v) is 9.42. The Morgan fingerprint density at radius 1 is 1.14 bits per heavy atom. The number of nitrogens with zero attached hydrogens (tertiary/aromatic N) is 1. The highest BCUT2D eigenvalue weighted by Crippen LogP contribution is 2.39. The Morgan fingerprint density at radius 3 is 2.63 bits per heavy atom. The Hall–Kier alpha value is -3.69. The van der Waals surface area contributed by atoms with Crippen LogP contribution >= 0.6 is 0 Å². The van der Waals surface area contributed by atoms with Crippen LogP contribution in [0.5, 0.6) is 0 Å². The number of hydrogen-bond acceptors (Lipinski definition) is 6. The molecule has 0 bridgehead atoms. The first-order valence-corrected chi connectivity index (χ1v) is 12.0. The summed E-state index contributed by atoms with van der Waals surface area (Å²) in [5.74, 6) is -2.13. The number of carboxylic acids is 2. The SMILES string of the molecule is Nc1nc2c(c(=O)[nH]1)C(CCCC1CCc3cc(C(=O)N[C@@H](CCC(=O)O)C(=O)O)ccc31)CC2. The van der Waals surface area contributed by atoms with Crippen molar-refractivity contribution < 1.29 is 24.6 Å². The molecule has 0 saturated carbocycles. The van der Waals surface area contributed by atoms with E-state index in [1.807, 2.05) is 12.1 Å². The summed E-state index contributed by atoms with van der Waals surface area (Å²) in [4.78, 5) is 53.9. The third-order valence-corrected chi connectivity index (χ3v) is 7.15. The Balaban J connectivity index is 1.34. The number of amides is 1. The number of nitrogen functional groups attached to an aromatic ring is 1. The zero-order valence-corrected chi connectivity index (χ0v) is 19.4. The maximum absolute atomic E-state index is 12.6. The molecule has 6 N–H and O–H groups in total. The molecular formula is C25H30N4O6. The van der Waals surface area contributed by atoms with Crippen LogP contribution in [0, 0.1) is 0 Å². The molecule has 0 radical (unpaired) electrons. The Bertz CT molecular complexity index is 1210. The summed E-state index contributed by atoms with van der Waals surface area (Å²) < 4.78 is 0. The largest absolute Gasteiger partial charge is 0.481 e. The van der Waals surface area contributed by atoms with Crippen LogP contribution in [0.25, 0.3) is 0 Å². The van der Waals surface area contributed by atoms with Gasteiger partial charge in [0.05, 0.1) is 5.69 Å². The molecule has 2 unspecified atom stereocenters. The number of aromatic amines is 1. The monoisotopic (exact) mass is 482 g/mol. The number of aliphatic carboxylic acids is 2. The predicted octanol–water partition coefficient (Wildman–Crippen LogP) is 2.33. The zero-order chi connectivity index (χ0) is 25.1. The number of aryl methyl sites for hydroxylation is 2. The van der Waals surface area contributed by atoms with Crippen LogP contribution < -0.4 is 16.6 Å². The van der Waals surface area contributed by atoms with E-state index in [0.29, 0.717) is 11.5 Å². The molecule has 2 aliphatic rings. The van der Waals surface area contributed by atoms with Crippen molar-refractivity contribution in [3.8, 4) is 0 Å². The van der Waals surface area contributed by atoms with Crippen molar-refractivity contribution in [2.45, 2.75) is 75.7 Å². The second kappa shape index (κ2) is 10.3. The van der Waals surface area contributed by atoms with Gasteiger partial charge in [-0.25, -0.2) is 9.78 Å². The standard InChI is InChI=1S/C25H30N4O6/c26-25-28-18-9-7-14(21(18)23(33)29-25)3-1-2-13-4-5-15-12-16(6-8-17(13)15)22(32)27-19(24(34)35)10-11-20(30)31/h6,8,12-14,19H,1-5,7,9-11H2,(H,27,32)(H,30,31)(H,34,35)(H3,26,28,29,33)/t13?,14?,19-/m0/s1. The smallest absolute Gasteiger partial charge is 0.326 e. The number of anilines is 1. The van der Waals surface area contributed by atoms with E-state index in [2.05, 4.69) is 15.3 Å². The maximum atomic E-state index is 12.6. The molecule has 0 spiro atoms. The number of rotatable bonds is 10. The molecule has 186 valence electrons. The molecule has 10 heteroatoms. The Morgan fingerprint density at radius 2 is 1.89 bits per heavy atom. The highest BCUT2D eigenvalue weighted by Gasteiger charge is 2.29. The van der Waals surface area contributed by atoms with E-state index >= 15 is 0 Å². The van der Waals surface area contributed by atoms with Gasteiger partial charge in [-0.15, -0.1) is 0 Å². The molecule has 1 aromatic heterocycles. The lowest BCUT2D eigenvalue weighted by Crippen LogP contribution is -2.41. The van der Waals surface area contributed by atoms with Gasteiger partial charge in [0.25, 0.3) is 11.5 Å². The molecule has 35 heavy (non-hydrogen) atoms. The summed E-state index contributed by atoms with van der Waals surface area (Å²) in [5, 5.41) is 20.5. The summed E-state index contributed by atoms with van der Waals surface area (Å²) in [5.41, 5.74) is 9.80. The van der Waals surface area contributed by atoms with Crippen LogP contribution in [-0.2, 0) is 22.4 Å². The molecule has 10 nitrogen and oxygen atoms in total. The van der Waals surface area contributed by atoms with Crippen molar-refractivity contribution in [3.05, 3.63) is 56.5 Å². The number of benzene rings is 1. The van der Waals surface area contributed by atoms with Gasteiger partial charge >= 0.3 is 11.9 Å². The van der Waals surface area contributed by atoms with Crippen molar-refractivity contribution in [2.24, 2.45) is 0 Å². The van der Waals surface area contributed by atoms with E-state index in [-0.39, 0.29) is 30.3 Å². The summed E-state index contributed by atoms with van der Waals surface area (Å²) >= 11 is 0. The number of H-pyrrole nitrogens is 1. The number of nitrogens with one attached hydrogen (secondary N) is 2. The lowest BCUT2D eigenvalue weighted by atomic mass is 9.90. The minimum atomic E-state index is -1.26. The molecule has 3 atom stereocenters. The van der Waals surface area contributed by atoms with Crippen LogP contribution in [0.15, 0.2) is 23.0 Å². The van der Waals surface area contributed by atoms with Crippen molar-refractivity contribution >= 4 is 23.8 Å². The van der Waals surface area contributed by atoms with Crippen molar-refractivity contribution in [1.29, 1.82) is 0 Å². The number of nitrogens with two attached hydrogens (primary N) is 1. The van der Waals surface area contributed by atoms with Crippen LogP contribution in [0.3, 0.4) is 0 Å². The van der Waals surface area contributed by atoms with Crippen LogP contribution in [0.4, 0.5) is 5.95 Å². The lowest BCUT2D eigenvalue weighted by Gasteiger charge is -2.16. The Kier molecular flexibility index (Phi) is 7.18. The predicted molar refractivity (Wildman–Crippen MR) is 127 cm³/mol. The molecular weight excluding hydrogens is 452 g/mol. The highest BCUT2D eigenvalue weighted by atomic mass is 16.4. The topological polar surface area (TPSA) is 175 Å². The van der Waals surface area contributed by atoms with Gasteiger partial charge in [-0.05, 0) is 80.0 Å². The normalized spacial score (nSPS) is 19.1. The van der Waals surface area contributed by atoms with Gasteiger partial charge in [0.15, 0.2) is 0 Å². The molecule has 1 heterocycles. The average Bonchev–Trinajstić information content (AvgIpc) is 3.40. The molecule has 4 rings (SSSR count). The van der Waals surface area contributed by atoms with Gasteiger partial charge in [-0.3, -0.25) is 19.4 Å². The number of fused-ring (bicyclic) bond motifs is 2. The summed E-state index contributed by atoms with van der Waals surface area (Å²) in [6.07, 6.45) is 5.89. The van der Waals surface area contributed by atoms with E-state index in [9.17, 15) is 24.3 Å². The molecule has 1 aromatic carbocycles. The maximum Gasteiger partial charge on any atom is 0.326 e. The first-order chi connectivity index (χ1) is 16.7. The number of hydrogen-bond donors (Lipinski definition) is 5. The molecule has 2 aliphatic carbocycles. The number of aromatic nitrogens is 2. The van der Waals surface area contributed by atoms with Crippen molar-refractivity contribution in [2.75, 3.05) is 5.73 Å². The molecule has 0 saturated heterocycles. The molecule has 0 fully saturated rings. The zero-order valence-electron chi connectivity index (χ0n) is 19.4. The quantitative estimate of drug-likeness (QED) is 0.343.